The Labute approximate surface area is 125 Å². The molecule has 0 bridgehead atoms. The molecule has 94 valence electrons. The molecule has 2 aromatic carbocycles. The maximum absolute atomic E-state index is 6.18. The van der Waals surface area contributed by atoms with Gasteiger partial charge in [-0.15, -0.1) is 0 Å². The summed E-state index contributed by atoms with van der Waals surface area (Å²) in [5.74, 6) is 1.57. The molecule has 0 aliphatic rings. The zero-order valence-electron chi connectivity index (χ0n) is 9.70. The van der Waals surface area contributed by atoms with Crippen LogP contribution in [0.3, 0.4) is 0 Å². The third kappa shape index (κ3) is 3.37. The predicted octanol–water partition coefficient (Wildman–Crippen LogP) is 4.24. The zero-order valence-corrected chi connectivity index (χ0v) is 12.6. The van der Waals surface area contributed by atoms with Crippen molar-refractivity contribution >= 4 is 34.2 Å². The number of nitrogens with two attached hydrogens (primary N) is 1. The van der Waals surface area contributed by atoms with Crippen molar-refractivity contribution in [3.05, 3.63) is 56.6 Å². The lowest BCUT2D eigenvalue weighted by Gasteiger charge is -2.09. The van der Waals surface area contributed by atoms with Crippen molar-refractivity contribution in [2.45, 2.75) is 6.42 Å². The van der Waals surface area contributed by atoms with Crippen molar-refractivity contribution in [3.8, 4) is 11.5 Å². The molecule has 2 aromatic rings. The molecule has 0 aliphatic heterocycles. The average Bonchev–Trinajstić information content (AvgIpc) is 2.36. The second-order valence-corrected chi connectivity index (χ2v) is 5.39. The normalized spacial score (nSPS) is 10.4. The van der Waals surface area contributed by atoms with Crippen LogP contribution in [0.25, 0.3) is 0 Å². The monoisotopic (exact) mass is 373 g/mol. The lowest BCUT2D eigenvalue weighted by Crippen LogP contribution is -2.03. The molecule has 0 heterocycles. The minimum absolute atomic E-state index is 0.594. The summed E-state index contributed by atoms with van der Waals surface area (Å²) >= 11 is 8.42. The van der Waals surface area contributed by atoms with E-state index < -0.39 is 0 Å². The maximum atomic E-state index is 6.18. The zero-order chi connectivity index (χ0) is 13.0. The Morgan fingerprint density at radius 1 is 1.17 bits per heavy atom. The Morgan fingerprint density at radius 2 is 1.94 bits per heavy atom. The minimum Gasteiger partial charge on any atom is -0.456 e. The Hall–Kier alpha value is -0.780. The van der Waals surface area contributed by atoms with Gasteiger partial charge in [-0.2, -0.15) is 0 Å². The number of halogens is 2. The van der Waals surface area contributed by atoms with Crippen LogP contribution in [0.5, 0.6) is 11.5 Å². The molecule has 0 atom stereocenters. The molecule has 0 aromatic heterocycles. The lowest BCUT2D eigenvalue weighted by molar-refractivity contribution is 0.479. The quantitative estimate of drug-likeness (QED) is 0.814. The molecule has 2 rings (SSSR count). The van der Waals surface area contributed by atoms with Crippen molar-refractivity contribution in [1.29, 1.82) is 0 Å². The average molecular weight is 374 g/mol. The molecule has 0 fully saturated rings. The molecule has 2 N–H and O–H groups in total. The Balaban J connectivity index is 2.20. The highest BCUT2D eigenvalue weighted by atomic mass is 127. The molecule has 0 saturated carbocycles. The molecule has 0 spiro atoms. The molecule has 0 saturated heterocycles. The van der Waals surface area contributed by atoms with Crippen LogP contribution in [0.4, 0.5) is 0 Å². The van der Waals surface area contributed by atoms with Crippen LogP contribution in [0, 0.1) is 3.57 Å². The van der Waals surface area contributed by atoms with Gasteiger partial charge in [-0.1, -0.05) is 29.8 Å². The van der Waals surface area contributed by atoms with Gasteiger partial charge in [0.15, 0.2) is 0 Å². The van der Waals surface area contributed by atoms with Gasteiger partial charge in [-0.25, -0.2) is 0 Å². The Kier molecular flexibility index (Phi) is 4.86. The Bertz CT molecular complexity index is 545. The third-order valence-corrected chi connectivity index (χ3v) is 3.75. The van der Waals surface area contributed by atoms with Gasteiger partial charge in [-0.3, -0.25) is 0 Å². The summed E-state index contributed by atoms with van der Waals surface area (Å²) in [6.07, 6.45) is 0.780. The van der Waals surface area contributed by atoms with Crippen LogP contribution in [0.15, 0.2) is 42.5 Å². The van der Waals surface area contributed by atoms with Gasteiger partial charge >= 0.3 is 0 Å². The summed E-state index contributed by atoms with van der Waals surface area (Å²) < 4.78 is 6.87. The summed E-state index contributed by atoms with van der Waals surface area (Å²) in [6.45, 7) is 0.594. The number of hydrogen-bond acceptors (Lipinski definition) is 2. The number of hydrogen-bond donors (Lipinski definition) is 1. The van der Waals surface area contributed by atoms with Crippen LogP contribution in [-0.2, 0) is 6.42 Å². The molecule has 0 radical (unpaired) electrons. The molecular weight excluding hydrogens is 361 g/mol. The highest BCUT2D eigenvalue weighted by molar-refractivity contribution is 14.1. The van der Waals surface area contributed by atoms with E-state index in [1.807, 2.05) is 42.5 Å². The van der Waals surface area contributed by atoms with E-state index in [-0.39, 0.29) is 0 Å². The fourth-order valence-corrected chi connectivity index (χ4v) is 2.37. The first-order chi connectivity index (χ1) is 8.70. The van der Waals surface area contributed by atoms with E-state index in [2.05, 4.69) is 22.6 Å². The van der Waals surface area contributed by atoms with Gasteiger partial charge in [0.05, 0.1) is 3.57 Å². The van der Waals surface area contributed by atoms with E-state index in [4.69, 9.17) is 22.1 Å². The van der Waals surface area contributed by atoms with Gasteiger partial charge in [0, 0.05) is 5.02 Å². The standard InChI is InChI=1S/C14H13ClINO/c15-12-9-11(6-5-10(12)7-8-17)18-14-4-2-1-3-13(14)16/h1-6,9H,7-8,17H2. The van der Waals surface area contributed by atoms with Crippen molar-refractivity contribution in [2.24, 2.45) is 5.73 Å². The van der Waals surface area contributed by atoms with Crippen molar-refractivity contribution in [1.82, 2.24) is 0 Å². The van der Waals surface area contributed by atoms with Gasteiger partial charge in [0.1, 0.15) is 11.5 Å². The van der Waals surface area contributed by atoms with Crippen molar-refractivity contribution < 1.29 is 4.74 Å². The molecule has 2 nitrogen and oxygen atoms in total. The van der Waals surface area contributed by atoms with Crippen LogP contribution in [0.1, 0.15) is 5.56 Å². The first-order valence-electron chi connectivity index (χ1n) is 5.61. The fraction of sp³-hybridized carbons (Fsp3) is 0.143. The second kappa shape index (κ2) is 6.41. The SMILES string of the molecule is NCCc1ccc(Oc2ccccc2I)cc1Cl. The highest BCUT2D eigenvalue weighted by Crippen LogP contribution is 2.29. The minimum atomic E-state index is 0.594. The van der Waals surface area contributed by atoms with Gasteiger partial charge in [0.2, 0.25) is 0 Å². The topological polar surface area (TPSA) is 35.2 Å². The Morgan fingerprint density at radius 3 is 2.61 bits per heavy atom. The van der Waals surface area contributed by atoms with E-state index in [0.29, 0.717) is 11.6 Å². The summed E-state index contributed by atoms with van der Waals surface area (Å²) in [5, 5.41) is 0.698. The van der Waals surface area contributed by atoms with Crippen LogP contribution < -0.4 is 10.5 Å². The smallest absolute Gasteiger partial charge is 0.140 e. The first-order valence-corrected chi connectivity index (χ1v) is 7.07. The van der Waals surface area contributed by atoms with E-state index in [1.54, 1.807) is 0 Å². The van der Waals surface area contributed by atoms with E-state index in [9.17, 15) is 0 Å². The van der Waals surface area contributed by atoms with Crippen LogP contribution in [-0.4, -0.2) is 6.54 Å². The molecule has 18 heavy (non-hydrogen) atoms. The molecule has 0 aliphatic carbocycles. The van der Waals surface area contributed by atoms with Crippen molar-refractivity contribution in [3.63, 3.8) is 0 Å². The van der Waals surface area contributed by atoms with Crippen molar-refractivity contribution in [2.75, 3.05) is 6.54 Å². The number of para-hydroxylation sites is 1. The number of ether oxygens (including phenoxy) is 1. The highest BCUT2D eigenvalue weighted by Gasteiger charge is 2.05. The van der Waals surface area contributed by atoms with Crippen LogP contribution in [0.2, 0.25) is 5.02 Å². The summed E-state index contributed by atoms with van der Waals surface area (Å²) in [4.78, 5) is 0. The molecule has 0 amide bonds. The van der Waals surface area contributed by atoms with Gasteiger partial charge < -0.3 is 10.5 Å². The molecule has 0 unspecified atom stereocenters. The third-order valence-electron chi connectivity index (χ3n) is 2.50. The van der Waals surface area contributed by atoms with E-state index >= 15 is 0 Å². The summed E-state index contributed by atoms with van der Waals surface area (Å²) in [6, 6.07) is 13.6. The van der Waals surface area contributed by atoms with Gasteiger partial charge in [-0.05, 0) is 65.4 Å². The van der Waals surface area contributed by atoms with Gasteiger partial charge in [0.25, 0.3) is 0 Å². The summed E-state index contributed by atoms with van der Waals surface area (Å²) in [7, 11) is 0. The second-order valence-electron chi connectivity index (χ2n) is 3.82. The number of benzene rings is 2. The molecule has 4 heteroatoms. The predicted molar refractivity (Wildman–Crippen MR) is 83.4 cm³/mol. The van der Waals surface area contributed by atoms with E-state index in [1.165, 1.54) is 0 Å². The first kappa shape index (κ1) is 13.6. The van der Waals surface area contributed by atoms with E-state index in [0.717, 1.165) is 27.1 Å². The largest absolute Gasteiger partial charge is 0.456 e. The summed E-state index contributed by atoms with van der Waals surface area (Å²) in [5.41, 5.74) is 6.57. The maximum Gasteiger partial charge on any atom is 0.140 e. The lowest BCUT2D eigenvalue weighted by atomic mass is 10.1. The fourth-order valence-electron chi connectivity index (χ4n) is 1.60. The van der Waals surface area contributed by atoms with Crippen LogP contribution >= 0.6 is 34.2 Å². The molecular formula is C14H13ClINO. The number of rotatable bonds is 4.